The second-order valence-corrected chi connectivity index (χ2v) is 6.30. The fourth-order valence-corrected chi connectivity index (χ4v) is 2.58. The summed E-state index contributed by atoms with van der Waals surface area (Å²) in [5, 5.41) is 0. The minimum Gasteiger partial charge on any atom is -0.0580 e. The Bertz CT molecular complexity index is 289. The molecule has 1 aromatic rings. The average molecular weight is 357 g/mol. The molecule has 0 spiro atoms. The van der Waals surface area contributed by atoms with Crippen LogP contribution in [0.2, 0.25) is 0 Å². The van der Waals surface area contributed by atoms with Gasteiger partial charge in [-0.25, -0.2) is 0 Å². The van der Waals surface area contributed by atoms with Crippen LogP contribution in [0.5, 0.6) is 0 Å². The lowest BCUT2D eigenvalue weighted by atomic mass is 10.0. The third-order valence-electron chi connectivity index (χ3n) is 3.38. The summed E-state index contributed by atoms with van der Waals surface area (Å²) < 4.78 is 1.33. The zero-order valence-corrected chi connectivity index (χ0v) is 13.6. The summed E-state index contributed by atoms with van der Waals surface area (Å²) in [5.74, 6) is 0. The van der Waals surface area contributed by atoms with Crippen molar-refractivity contribution in [2.45, 2.75) is 64.2 Å². The highest BCUT2D eigenvalue weighted by molar-refractivity contribution is 14.1. The summed E-state index contributed by atoms with van der Waals surface area (Å²) in [5.41, 5.74) is 1.49. The van der Waals surface area contributed by atoms with Crippen molar-refractivity contribution in [2.75, 3.05) is 0 Å². The zero-order chi connectivity index (χ0) is 13.1. The lowest BCUT2D eigenvalue weighted by Crippen LogP contribution is -1.86. The lowest BCUT2D eigenvalue weighted by molar-refractivity contribution is 0.569. The molecule has 0 fully saturated rings. The van der Waals surface area contributed by atoms with Crippen LogP contribution < -0.4 is 0 Å². The molecule has 0 saturated heterocycles. The molecule has 0 N–H and O–H groups in total. The van der Waals surface area contributed by atoms with E-state index < -0.39 is 0 Å². The zero-order valence-electron chi connectivity index (χ0n) is 11.5. The van der Waals surface area contributed by atoms with Gasteiger partial charge in [0.05, 0.1) is 0 Å². The van der Waals surface area contributed by atoms with Crippen LogP contribution in [0.1, 0.15) is 63.4 Å². The molecule has 0 heterocycles. The molecule has 0 aromatic heterocycles. The molecule has 0 unspecified atom stereocenters. The highest BCUT2D eigenvalue weighted by atomic mass is 127. The van der Waals surface area contributed by atoms with E-state index in [-0.39, 0.29) is 0 Å². The van der Waals surface area contributed by atoms with Crippen molar-refractivity contribution < 1.29 is 0 Å². The largest absolute Gasteiger partial charge is 0.0580 e. The van der Waals surface area contributed by atoms with Crippen molar-refractivity contribution in [1.82, 2.24) is 0 Å². The molecule has 0 aliphatic carbocycles. The number of aryl methyl sites for hydroxylation is 1. The van der Waals surface area contributed by atoms with Gasteiger partial charge in [-0.3, -0.25) is 0 Å². The van der Waals surface area contributed by atoms with E-state index in [0.29, 0.717) is 0 Å². The van der Waals surface area contributed by atoms with Gasteiger partial charge in [-0.15, -0.1) is 0 Å². The molecule has 1 aromatic carbocycles. The van der Waals surface area contributed by atoms with Crippen LogP contribution >= 0.6 is 22.6 Å². The first-order chi connectivity index (χ1) is 8.83. The molecular formula is C17H26I. The topological polar surface area (TPSA) is 0 Å². The van der Waals surface area contributed by atoms with E-state index >= 15 is 0 Å². The minimum absolute atomic E-state index is 1.11. The van der Waals surface area contributed by atoms with E-state index in [1.54, 1.807) is 0 Å². The van der Waals surface area contributed by atoms with Gasteiger partial charge in [-0.1, -0.05) is 70.4 Å². The van der Waals surface area contributed by atoms with E-state index in [0.717, 1.165) is 6.42 Å². The normalized spacial score (nSPS) is 10.8. The molecule has 0 nitrogen and oxygen atoms in total. The van der Waals surface area contributed by atoms with Crippen LogP contribution in [0.4, 0.5) is 0 Å². The van der Waals surface area contributed by atoms with Crippen molar-refractivity contribution in [3.8, 4) is 0 Å². The smallest absolute Gasteiger partial charge is 0.0130 e. The first kappa shape index (κ1) is 16.0. The van der Waals surface area contributed by atoms with Gasteiger partial charge >= 0.3 is 0 Å². The quantitative estimate of drug-likeness (QED) is 0.347. The molecule has 0 bridgehead atoms. The molecule has 18 heavy (non-hydrogen) atoms. The second kappa shape index (κ2) is 10.8. The Morgan fingerprint density at radius 1 is 0.722 bits per heavy atom. The van der Waals surface area contributed by atoms with Crippen molar-refractivity contribution in [1.29, 1.82) is 0 Å². The van der Waals surface area contributed by atoms with Crippen molar-refractivity contribution in [2.24, 2.45) is 0 Å². The Morgan fingerprint density at radius 2 is 1.22 bits per heavy atom. The number of benzene rings is 1. The summed E-state index contributed by atoms with van der Waals surface area (Å²) in [6.07, 6.45) is 13.4. The Hall–Kier alpha value is -0.0500. The standard InChI is InChI=1S/C17H26I/c1-2-3-4-5-6-7-8-9-10-11-16-12-14-17(18)15-13-16/h12-15H,1-11H2. The Morgan fingerprint density at radius 3 is 1.78 bits per heavy atom. The van der Waals surface area contributed by atoms with Crippen LogP contribution in [0.25, 0.3) is 0 Å². The second-order valence-electron chi connectivity index (χ2n) is 5.06. The van der Waals surface area contributed by atoms with Crippen LogP contribution in [-0.2, 0) is 6.42 Å². The Balaban J connectivity index is 1.91. The summed E-state index contributed by atoms with van der Waals surface area (Å²) in [6, 6.07) is 8.94. The van der Waals surface area contributed by atoms with E-state index in [9.17, 15) is 0 Å². The number of hydrogen-bond acceptors (Lipinski definition) is 0. The summed E-state index contributed by atoms with van der Waals surface area (Å²) in [4.78, 5) is 0. The first-order valence-corrected chi connectivity index (χ1v) is 8.44. The Labute approximate surface area is 127 Å². The third kappa shape index (κ3) is 8.12. The molecule has 0 aliphatic rings. The molecular weight excluding hydrogens is 331 g/mol. The maximum absolute atomic E-state index is 3.88. The van der Waals surface area contributed by atoms with Gasteiger partial charge in [0.25, 0.3) is 0 Å². The molecule has 0 amide bonds. The summed E-state index contributed by atoms with van der Waals surface area (Å²) >= 11 is 2.36. The molecule has 101 valence electrons. The maximum Gasteiger partial charge on any atom is 0.0130 e. The number of halogens is 1. The van der Waals surface area contributed by atoms with Crippen molar-refractivity contribution in [3.63, 3.8) is 0 Å². The first-order valence-electron chi connectivity index (χ1n) is 7.36. The molecule has 1 radical (unpaired) electrons. The van der Waals surface area contributed by atoms with Crippen LogP contribution in [0.3, 0.4) is 0 Å². The number of hydrogen-bond donors (Lipinski definition) is 0. The van der Waals surface area contributed by atoms with E-state index in [2.05, 4.69) is 53.8 Å². The predicted molar refractivity (Wildman–Crippen MR) is 89.8 cm³/mol. The predicted octanol–water partition coefficient (Wildman–Crippen LogP) is 6.18. The molecule has 0 saturated carbocycles. The van der Waals surface area contributed by atoms with Gasteiger partial charge in [0.15, 0.2) is 0 Å². The fraction of sp³-hybridized carbons (Fsp3) is 0.588. The van der Waals surface area contributed by atoms with E-state index in [4.69, 9.17) is 0 Å². The van der Waals surface area contributed by atoms with Gasteiger partial charge in [0.2, 0.25) is 0 Å². The summed E-state index contributed by atoms with van der Waals surface area (Å²) in [6.45, 7) is 3.88. The highest BCUT2D eigenvalue weighted by Gasteiger charge is 1.95. The van der Waals surface area contributed by atoms with Gasteiger partial charge in [-0.2, -0.15) is 0 Å². The molecule has 1 heteroatoms. The van der Waals surface area contributed by atoms with E-state index in [1.165, 1.54) is 66.9 Å². The molecule has 0 atom stereocenters. The third-order valence-corrected chi connectivity index (χ3v) is 4.10. The van der Waals surface area contributed by atoms with Crippen molar-refractivity contribution in [3.05, 3.63) is 40.3 Å². The number of unbranched alkanes of at least 4 members (excludes halogenated alkanes) is 8. The monoisotopic (exact) mass is 357 g/mol. The van der Waals surface area contributed by atoms with Gasteiger partial charge in [0, 0.05) is 3.57 Å². The van der Waals surface area contributed by atoms with Crippen molar-refractivity contribution >= 4 is 22.6 Å². The van der Waals surface area contributed by atoms with Crippen LogP contribution in [0.15, 0.2) is 24.3 Å². The minimum atomic E-state index is 1.11. The van der Waals surface area contributed by atoms with Crippen LogP contribution in [-0.4, -0.2) is 0 Å². The highest BCUT2D eigenvalue weighted by Crippen LogP contribution is 2.13. The SMILES string of the molecule is [CH2]CCCCCCCCCCc1ccc(I)cc1. The maximum atomic E-state index is 3.88. The Kier molecular flexibility index (Phi) is 9.63. The lowest BCUT2D eigenvalue weighted by Gasteiger charge is -2.03. The molecule has 1 rings (SSSR count). The summed E-state index contributed by atoms with van der Waals surface area (Å²) in [7, 11) is 0. The average Bonchev–Trinajstić information content (AvgIpc) is 2.39. The van der Waals surface area contributed by atoms with Gasteiger partial charge in [0.1, 0.15) is 0 Å². The van der Waals surface area contributed by atoms with E-state index in [1.807, 2.05) is 0 Å². The number of rotatable bonds is 10. The molecule has 0 aliphatic heterocycles. The van der Waals surface area contributed by atoms with Crippen LogP contribution in [0, 0.1) is 10.5 Å². The van der Waals surface area contributed by atoms with Gasteiger partial charge in [-0.05, 0) is 53.1 Å². The fourth-order valence-electron chi connectivity index (χ4n) is 2.22. The van der Waals surface area contributed by atoms with Gasteiger partial charge < -0.3 is 0 Å².